The fourth-order valence-corrected chi connectivity index (χ4v) is 2.78. The smallest absolute Gasteiger partial charge is 0.267 e. The van der Waals surface area contributed by atoms with E-state index < -0.39 is 0 Å². The Morgan fingerprint density at radius 1 is 1.17 bits per heavy atom. The molecular formula is C17H17N5OS. The third-order valence-electron chi connectivity index (χ3n) is 3.57. The lowest BCUT2D eigenvalue weighted by Crippen LogP contribution is -2.24. The van der Waals surface area contributed by atoms with Gasteiger partial charge in [-0.05, 0) is 25.5 Å². The maximum absolute atomic E-state index is 12.0. The largest absolute Gasteiger partial charge is 0.369 e. The lowest BCUT2D eigenvalue weighted by Gasteiger charge is -2.13. The molecule has 2 aromatic heterocycles. The summed E-state index contributed by atoms with van der Waals surface area (Å²) in [6, 6.07) is 12.8. The van der Waals surface area contributed by atoms with Crippen LogP contribution in [0.2, 0.25) is 0 Å². The highest BCUT2D eigenvalue weighted by Crippen LogP contribution is 2.30. The van der Waals surface area contributed by atoms with E-state index in [0.717, 1.165) is 11.3 Å². The molecule has 3 N–H and O–H groups in total. The molecule has 0 saturated heterocycles. The zero-order valence-electron chi connectivity index (χ0n) is 13.4. The minimum absolute atomic E-state index is 0.0584. The number of hydrogen-bond donors (Lipinski definition) is 2. The van der Waals surface area contributed by atoms with Gasteiger partial charge in [0.25, 0.3) is 5.56 Å². The van der Waals surface area contributed by atoms with Crippen LogP contribution in [0.25, 0.3) is 22.5 Å². The van der Waals surface area contributed by atoms with Gasteiger partial charge >= 0.3 is 0 Å². The van der Waals surface area contributed by atoms with E-state index in [-0.39, 0.29) is 17.5 Å². The maximum Gasteiger partial charge on any atom is 0.267 e. The van der Waals surface area contributed by atoms with E-state index in [1.807, 2.05) is 44.2 Å². The van der Waals surface area contributed by atoms with Gasteiger partial charge in [-0.2, -0.15) is 5.10 Å². The van der Waals surface area contributed by atoms with Crippen LogP contribution in [0.15, 0.2) is 47.3 Å². The molecular weight excluding hydrogens is 322 g/mol. The fourth-order valence-electron chi connectivity index (χ4n) is 2.48. The normalized spacial score (nSPS) is 11.0. The van der Waals surface area contributed by atoms with E-state index in [9.17, 15) is 4.79 Å². The highest BCUT2D eigenvalue weighted by Gasteiger charge is 2.15. The fraction of sp³-hybridized carbons (Fsp3) is 0.176. The summed E-state index contributed by atoms with van der Waals surface area (Å²) in [5.74, 6) is 0.236. The molecule has 0 aliphatic heterocycles. The summed E-state index contributed by atoms with van der Waals surface area (Å²) in [5, 5.41) is 4.46. The highest BCUT2D eigenvalue weighted by atomic mass is 32.1. The van der Waals surface area contributed by atoms with Crippen molar-refractivity contribution in [1.29, 1.82) is 0 Å². The van der Waals surface area contributed by atoms with Crippen molar-refractivity contribution in [2.45, 2.75) is 19.9 Å². The molecule has 24 heavy (non-hydrogen) atoms. The van der Waals surface area contributed by atoms with Gasteiger partial charge in [-0.3, -0.25) is 4.79 Å². The number of anilines is 1. The van der Waals surface area contributed by atoms with Crippen LogP contribution >= 0.6 is 12.2 Å². The first-order valence-corrected chi connectivity index (χ1v) is 7.93. The Kier molecular flexibility index (Phi) is 4.26. The predicted octanol–water partition coefficient (Wildman–Crippen LogP) is 3.19. The molecule has 7 heteroatoms. The number of hydrogen-bond acceptors (Lipinski definition) is 5. The summed E-state index contributed by atoms with van der Waals surface area (Å²) >= 11 is 5.41. The number of aromatic amines is 1. The van der Waals surface area contributed by atoms with E-state index >= 15 is 0 Å². The monoisotopic (exact) mass is 339 g/mol. The van der Waals surface area contributed by atoms with Gasteiger partial charge in [0.05, 0.1) is 23.0 Å². The third-order valence-corrected chi connectivity index (χ3v) is 3.87. The molecule has 122 valence electrons. The third kappa shape index (κ3) is 2.98. The van der Waals surface area contributed by atoms with Crippen LogP contribution in [0, 0.1) is 4.64 Å². The summed E-state index contributed by atoms with van der Waals surface area (Å²) < 4.78 is 1.77. The van der Waals surface area contributed by atoms with Crippen LogP contribution in [0.3, 0.4) is 0 Å². The van der Waals surface area contributed by atoms with Crippen LogP contribution in [0.1, 0.15) is 19.9 Å². The van der Waals surface area contributed by atoms with Gasteiger partial charge in [-0.15, -0.1) is 0 Å². The van der Waals surface area contributed by atoms with Gasteiger partial charge in [0.1, 0.15) is 4.64 Å². The summed E-state index contributed by atoms with van der Waals surface area (Å²) in [6.07, 6.45) is 0. The second-order valence-corrected chi connectivity index (χ2v) is 6.03. The quantitative estimate of drug-likeness (QED) is 0.715. The molecule has 0 aliphatic carbocycles. The highest BCUT2D eigenvalue weighted by molar-refractivity contribution is 7.71. The van der Waals surface area contributed by atoms with Crippen LogP contribution in [-0.2, 0) is 0 Å². The van der Waals surface area contributed by atoms with Gasteiger partial charge in [0, 0.05) is 6.07 Å². The minimum Gasteiger partial charge on any atom is -0.369 e. The number of nitrogen functional groups attached to an aromatic ring is 1. The van der Waals surface area contributed by atoms with Gasteiger partial charge < -0.3 is 10.7 Å². The Morgan fingerprint density at radius 2 is 1.88 bits per heavy atom. The van der Waals surface area contributed by atoms with Crippen molar-refractivity contribution in [3.05, 3.63) is 57.5 Å². The average molecular weight is 339 g/mol. The van der Waals surface area contributed by atoms with Crippen LogP contribution < -0.4 is 11.3 Å². The van der Waals surface area contributed by atoms with Gasteiger partial charge in [0.15, 0.2) is 5.95 Å². The number of H-pyrrole nitrogens is 1. The molecule has 0 aliphatic rings. The standard InChI is InChI=1S/C17H17N5OS/c1-10(2)22-13(23)9-8-12(21-22)14-15(11-6-4-3-5-7-11)19-17(18)20-16(14)24/h3-10H,1-2H3,(H3,18,19,20,24). The first kappa shape index (κ1) is 16.1. The summed E-state index contributed by atoms with van der Waals surface area (Å²) in [4.78, 5) is 19.2. The summed E-state index contributed by atoms with van der Waals surface area (Å²) in [5.41, 5.74) is 8.55. The number of nitrogens with one attached hydrogen (secondary N) is 1. The second kappa shape index (κ2) is 6.37. The number of rotatable bonds is 3. The first-order chi connectivity index (χ1) is 11.5. The molecule has 3 rings (SSSR count). The molecule has 6 nitrogen and oxygen atoms in total. The molecule has 0 radical (unpaired) electrons. The van der Waals surface area contributed by atoms with E-state index in [2.05, 4.69) is 15.1 Å². The molecule has 1 aromatic carbocycles. The van der Waals surface area contributed by atoms with Crippen LogP contribution in [0.4, 0.5) is 5.95 Å². The Labute approximate surface area is 144 Å². The predicted molar refractivity (Wildman–Crippen MR) is 97.1 cm³/mol. The van der Waals surface area contributed by atoms with E-state index in [1.165, 1.54) is 10.7 Å². The van der Waals surface area contributed by atoms with Crippen molar-refractivity contribution in [3.63, 3.8) is 0 Å². The molecule has 0 saturated carbocycles. The summed E-state index contributed by atoms with van der Waals surface area (Å²) in [6.45, 7) is 3.80. The molecule has 0 fully saturated rings. The van der Waals surface area contributed by atoms with Crippen molar-refractivity contribution < 1.29 is 0 Å². The molecule has 0 bridgehead atoms. The first-order valence-electron chi connectivity index (χ1n) is 7.53. The lowest BCUT2D eigenvalue weighted by molar-refractivity contribution is 0.505. The summed E-state index contributed by atoms with van der Waals surface area (Å²) in [7, 11) is 0. The molecule has 0 unspecified atom stereocenters. The lowest BCUT2D eigenvalue weighted by atomic mass is 10.0. The Morgan fingerprint density at radius 3 is 2.54 bits per heavy atom. The molecule has 2 heterocycles. The second-order valence-electron chi connectivity index (χ2n) is 5.64. The number of aromatic nitrogens is 4. The maximum atomic E-state index is 12.0. The zero-order chi connectivity index (χ0) is 17.3. The van der Waals surface area contributed by atoms with Crippen LogP contribution in [0.5, 0.6) is 0 Å². The van der Waals surface area contributed by atoms with Crippen molar-refractivity contribution in [1.82, 2.24) is 19.7 Å². The van der Waals surface area contributed by atoms with E-state index in [4.69, 9.17) is 18.0 Å². The Bertz CT molecular complexity index is 992. The Hall–Kier alpha value is -2.80. The molecule has 3 aromatic rings. The van der Waals surface area contributed by atoms with E-state index in [0.29, 0.717) is 15.9 Å². The average Bonchev–Trinajstić information content (AvgIpc) is 2.55. The number of nitrogens with zero attached hydrogens (tertiary/aromatic N) is 3. The zero-order valence-corrected chi connectivity index (χ0v) is 14.2. The SMILES string of the molecule is CC(C)n1nc(-c2c(-c3ccccc3)[nH]c(N)nc2=S)ccc1=O. The van der Waals surface area contributed by atoms with Gasteiger partial charge in [-0.25, -0.2) is 9.67 Å². The van der Waals surface area contributed by atoms with E-state index in [1.54, 1.807) is 6.07 Å². The number of nitrogens with two attached hydrogens (primary N) is 1. The topological polar surface area (TPSA) is 89.6 Å². The molecule has 0 spiro atoms. The van der Waals surface area contributed by atoms with Crippen molar-refractivity contribution >= 4 is 18.2 Å². The molecule has 0 amide bonds. The van der Waals surface area contributed by atoms with Crippen molar-refractivity contribution in [2.24, 2.45) is 0 Å². The van der Waals surface area contributed by atoms with Crippen molar-refractivity contribution in [2.75, 3.05) is 5.73 Å². The minimum atomic E-state index is -0.159. The van der Waals surface area contributed by atoms with Gasteiger partial charge in [0.2, 0.25) is 0 Å². The number of benzene rings is 1. The van der Waals surface area contributed by atoms with Gasteiger partial charge in [-0.1, -0.05) is 42.5 Å². The van der Waals surface area contributed by atoms with Crippen LogP contribution in [-0.4, -0.2) is 19.7 Å². The van der Waals surface area contributed by atoms with Crippen molar-refractivity contribution in [3.8, 4) is 22.5 Å². The Balaban J connectivity index is 2.31. The molecule has 0 atom stereocenters.